The zero-order valence-corrected chi connectivity index (χ0v) is 16.2. The first-order valence-corrected chi connectivity index (χ1v) is 10.4. The molecule has 5 nitrogen and oxygen atoms in total. The number of nitrogens with zero attached hydrogens (tertiary/aromatic N) is 1. The van der Waals surface area contributed by atoms with Crippen LogP contribution in [0.4, 0.5) is 0 Å². The lowest BCUT2D eigenvalue weighted by atomic mass is 9.98. The van der Waals surface area contributed by atoms with Gasteiger partial charge in [-0.05, 0) is 56.4 Å². The first kappa shape index (κ1) is 19.9. The Balaban J connectivity index is 1.90. The second-order valence-electron chi connectivity index (χ2n) is 6.62. The SMILES string of the molecule is CC(C)S(=O)(=O)NC[C@@H]1CCCN(C(=O)/C=C\c2cccc(Cl)c2)C1. The summed E-state index contributed by atoms with van der Waals surface area (Å²) < 4.78 is 26.4. The smallest absolute Gasteiger partial charge is 0.246 e. The quantitative estimate of drug-likeness (QED) is 0.767. The van der Waals surface area contributed by atoms with Crippen molar-refractivity contribution in [3.05, 3.63) is 40.9 Å². The molecule has 2 rings (SSSR count). The van der Waals surface area contributed by atoms with Crippen LogP contribution in [-0.4, -0.2) is 44.1 Å². The van der Waals surface area contributed by atoms with E-state index >= 15 is 0 Å². The van der Waals surface area contributed by atoms with Gasteiger partial charge in [0.1, 0.15) is 0 Å². The maximum absolute atomic E-state index is 12.4. The molecule has 0 aromatic heterocycles. The topological polar surface area (TPSA) is 66.5 Å². The Bertz CT molecular complexity index is 732. The van der Waals surface area contributed by atoms with Gasteiger partial charge < -0.3 is 4.90 Å². The molecule has 0 unspecified atom stereocenters. The summed E-state index contributed by atoms with van der Waals surface area (Å²) in [6.07, 6.45) is 5.10. The molecule has 1 amide bonds. The minimum absolute atomic E-state index is 0.0589. The third-order valence-electron chi connectivity index (χ3n) is 4.29. The van der Waals surface area contributed by atoms with E-state index in [-0.39, 0.29) is 11.8 Å². The van der Waals surface area contributed by atoms with Gasteiger partial charge in [0, 0.05) is 30.7 Å². The molecule has 1 N–H and O–H groups in total. The third kappa shape index (κ3) is 6.13. The second kappa shape index (κ2) is 8.83. The van der Waals surface area contributed by atoms with Crippen molar-refractivity contribution >= 4 is 33.6 Å². The van der Waals surface area contributed by atoms with Gasteiger partial charge in [-0.15, -0.1) is 0 Å². The van der Waals surface area contributed by atoms with E-state index in [4.69, 9.17) is 11.6 Å². The van der Waals surface area contributed by atoms with Crippen LogP contribution in [0.15, 0.2) is 30.3 Å². The number of likely N-dealkylation sites (tertiary alicyclic amines) is 1. The zero-order valence-electron chi connectivity index (χ0n) is 14.6. The largest absolute Gasteiger partial charge is 0.339 e. The molecule has 1 heterocycles. The van der Waals surface area contributed by atoms with Gasteiger partial charge in [0.05, 0.1) is 5.25 Å². The van der Waals surface area contributed by atoms with Gasteiger partial charge in [-0.1, -0.05) is 23.7 Å². The lowest BCUT2D eigenvalue weighted by molar-refractivity contribution is -0.127. The fraction of sp³-hybridized carbons (Fsp3) is 0.500. The Kier molecular flexibility index (Phi) is 7.04. The second-order valence-corrected chi connectivity index (χ2v) is 9.38. The molecular formula is C18H25ClN2O3S. The molecule has 25 heavy (non-hydrogen) atoms. The van der Waals surface area contributed by atoms with E-state index in [9.17, 15) is 13.2 Å². The average molecular weight is 385 g/mol. The Morgan fingerprint density at radius 1 is 1.44 bits per heavy atom. The number of sulfonamides is 1. The average Bonchev–Trinajstić information content (AvgIpc) is 2.58. The molecule has 1 aromatic carbocycles. The van der Waals surface area contributed by atoms with Crippen LogP contribution >= 0.6 is 11.6 Å². The third-order valence-corrected chi connectivity index (χ3v) is 6.34. The molecule has 1 fully saturated rings. The van der Waals surface area contributed by atoms with Gasteiger partial charge in [-0.2, -0.15) is 0 Å². The number of hydrogen-bond donors (Lipinski definition) is 1. The molecule has 0 bridgehead atoms. The standard InChI is InChI=1S/C18H25ClN2O3S/c1-14(2)25(23,24)20-12-16-6-4-10-21(13-16)18(22)9-8-15-5-3-7-17(19)11-15/h3,5,7-9,11,14,16,20H,4,6,10,12-13H2,1-2H3/b9-8-/t16-/m0/s1. The molecule has 1 aliphatic heterocycles. The summed E-state index contributed by atoms with van der Waals surface area (Å²) in [6, 6.07) is 7.30. The van der Waals surface area contributed by atoms with Crippen LogP contribution in [0.2, 0.25) is 5.02 Å². The number of rotatable bonds is 6. The van der Waals surface area contributed by atoms with E-state index in [2.05, 4.69) is 4.72 Å². The molecule has 1 aliphatic rings. The van der Waals surface area contributed by atoms with Crippen LogP contribution in [0.3, 0.4) is 0 Å². The Hall–Kier alpha value is -1.37. The summed E-state index contributed by atoms with van der Waals surface area (Å²) in [5.41, 5.74) is 0.874. The maximum atomic E-state index is 12.4. The minimum atomic E-state index is -3.27. The van der Waals surface area contributed by atoms with Gasteiger partial charge in [0.25, 0.3) is 0 Å². The number of hydrogen-bond acceptors (Lipinski definition) is 3. The summed E-state index contributed by atoms with van der Waals surface area (Å²) in [4.78, 5) is 14.2. The summed E-state index contributed by atoms with van der Waals surface area (Å²) in [5, 5.41) is 0.180. The van der Waals surface area contributed by atoms with Crippen LogP contribution in [0.25, 0.3) is 6.08 Å². The number of amides is 1. The first-order valence-electron chi connectivity index (χ1n) is 8.49. The van der Waals surface area contributed by atoms with Crippen molar-refractivity contribution < 1.29 is 13.2 Å². The Morgan fingerprint density at radius 3 is 2.88 bits per heavy atom. The van der Waals surface area contributed by atoms with Gasteiger partial charge in [0.2, 0.25) is 15.9 Å². The summed E-state index contributed by atoms with van der Waals surface area (Å²) in [7, 11) is -3.27. The molecule has 0 radical (unpaired) electrons. The fourth-order valence-corrected chi connectivity index (χ4v) is 3.72. The van der Waals surface area contributed by atoms with Crippen molar-refractivity contribution in [2.75, 3.05) is 19.6 Å². The highest BCUT2D eigenvalue weighted by molar-refractivity contribution is 7.90. The fourth-order valence-electron chi connectivity index (χ4n) is 2.72. The van der Waals surface area contributed by atoms with E-state index in [1.165, 1.54) is 0 Å². The van der Waals surface area contributed by atoms with Gasteiger partial charge in [-0.25, -0.2) is 13.1 Å². The highest BCUT2D eigenvalue weighted by Crippen LogP contribution is 2.17. The molecule has 1 aromatic rings. The predicted octanol–water partition coefficient (Wildman–Crippen LogP) is 2.92. The number of piperidine rings is 1. The predicted molar refractivity (Wildman–Crippen MR) is 102 cm³/mol. The number of halogens is 1. The lowest BCUT2D eigenvalue weighted by Crippen LogP contribution is -2.44. The molecule has 0 spiro atoms. The van der Waals surface area contributed by atoms with Gasteiger partial charge in [-0.3, -0.25) is 4.79 Å². The minimum Gasteiger partial charge on any atom is -0.339 e. The van der Waals surface area contributed by atoms with Crippen molar-refractivity contribution in [2.45, 2.75) is 31.9 Å². The van der Waals surface area contributed by atoms with Crippen molar-refractivity contribution in [2.24, 2.45) is 5.92 Å². The molecule has 138 valence electrons. The number of nitrogens with one attached hydrogen (secondary N) is 1. The van der Waals surface area contributed by atoms with E-state index in [1.54, 1.807) is 43.0 Å². The molecule has 0 aliphatic carbocycles. The highest BCUT2D eigenvalue weighted by Gasteiger charge is 2.24. The van der Waals surface area contributed by atoms with Gasteiger partial charge in [0.15, 0.2) is 0 Å². The first-order chi connectivity index (χ1) is 11.8. The number of carbonyl (C=O) groups excluding carboxylic acids is 1. The Morgan fingerprint density at radius 2 is 2.20 bits per heavy atom. The maximum Gasteiger partial charge on any atom is 0.246 e. The van der Waals surface area contributed by atoms with Crippen LogP contribution in [0.1, 0.15) is 32.3 Å². The van der Waals surface area contributed by atoms with Gasteiger partial charge >= 0.3 is 0 Å². The Labute approximate surface area is 155 Å². The van der Waals surface area contributed by atoms with Crippen LogP contribution in [0.5, 0.6) is 0 Å². The number of benzene rings is 1. The molecule has 1 saturated heterocycles. The highest BCUT2D eigenvalue weighted by atomic mass is 35.5. The van der Waals surface area contributed by atoms with Crippen molar-refractivity contribution in [3.8, 4) is 0 Å². The van der Waals surface area contributed by atoms with E-state index in [1.807, 2.05) is 12.1 Å². The molecule has 7 heteroatoms. The number of carbonyl (C=O) groups is 1. The van der Waals surface area contributed by atoms with E-state index in [0.717, 1.165) is 18.4 Å². The van der Waals surface area contributed by atoms with Crippen molar-refractivity contribution in [1.82, 2.24) is 9.62 Å². The monoisotopic (exact) mass is 384 g/mol. The molecule has 0 saturated carbocycles. The summed E-state index contributed by atoms with van der Waals surface area (Å²) in [6.45, 7) is 4.95. The van der Waals surface area contributed by atoms with Crippen LogP contribution < -0.4 is 4.72 Å². The molecular weight excluding hydrogens is 360 g/mol. The molecule has 1 atom stereocenters. The van der Waals surface area contributed by atoms with Crippen LogP contribution in [-0.2, 0) is 14.8 Å². The summed E-state index contributed by atoms with van der Waals surface area (Å²) >= 11 is 5.94. The van der Waals surface area contributed by atoms with E-state index < -0.39 is 15.3 Å². The van der Waals surface area contributed by atoms with Crippen molar-refractivity contribution in [3.63, 3.8) is 0 Å². The zero-order chi connectivity index (χ0) is 18.4. The normalized spacial score (nSPS) is 18.9. The lowest BCUT2D eigenvalue weighted by Gasteiger charge is -2.32. The summed E-state index contributed by atoms with van der Waals surface area (Å²) in [5.74, 6) is 0.0854. The van der Waals surface area contributed by atoms with Crippen molar-refractivity contribution in [1.29, 1.82) is 0 Å². The van der Waals surface area contributed by atoms with E-state index in [0.29, 0.717) is 24.7 Å². The van der Waals surface area contributed by atoms with Crippen LogP contribution in [0, 0.1) is 5.92 Å².